The summed E-state index contributed by atoms with van der Waals surface area (Å²) in [6, 6.07) is 10.9. The van der Waals surface area contributed by atoms with Gasteiger partial charge in [0.2, 0.25) is 5.88 Å². The second-order valence-corrected chi connectivity index (χ2v) is 8.72. The van der Waals surface area contributed by atoms with Crippen LogP contribution in [0.15, 0.2) is 47.5 Å². The largest absolute Gasteiger partial charge is 0.438 e. The number of aryl methyl sites for hydroxylation is 3. The maximum absolute atomic E-state index is 12.9. The van der Waals surface area contributed by atoms with Crippen molar-refractivity contribution in [2.24, 2.45) is 0 Å². The van der Waals surface area contributed by atoms with Gasteiger partial charge in [-0.25, -0.2) is 14.7 Å². The normalized spacial score (nSPS) is 10.8. The molecule has 0 spiro atoms. The fraction of sp³-hybridized carbons (Fsp3) is 0.174. The third-order valence-corrected chi connectivity index (χ3v) is 5.64. The number of aromatic nitrogens is 2. The third kappa shape index (κ3) is 5.04. The molecule has 0 radical (unpaired) electrons. The number of anilines is 1. The number of nitrogens with two attached hydrogens (primary N) is 1. The summed E-state index contributed by atoms with van der Waals surface area (Å²) in [5, 5.41) is -0.375. The van der Waals surface area contributed by atoms with Gasteiger partial charge in [0.1, 0.15) is 22.8 Å². The summed E-state index contributed by atoms with van der Waals surface area (Å²) in [6.07, 6.45) is 0. The highest BCUT2D eigenvalue weighted by Crippen LogP contribution is 2.31. The summed E-state index contributed by atoms with van der Waals surface area (Å²) >= 11 is 0. The van der Waals surface area contributed by atoms with Crippen LogP contribution in [0.25, 0.3) is 0 Å². The first-order chi connectivity index (χ1) is 15.1. The maximum atomic E-state index is 12.9. The standard InChI is InChI=1S/C23H22N4O4S/c1-5-7-17-10-11-18(22(28)27-32(29,30)20-9-6-8-19(24)26-20)23(25-17)31-21-15(3)12-14(2)13-16(21)4/h6,8-13H,1-4H3,(H2,24,26)(H,27,28). The number of benzene rings is 1. The molecule has 9 heteroatoms. The van der Waals surface area contributed by atoms with Crippen molar-refractivity contribution in [2.75, 3.05) is 5.73 Å². The van der Waals surface area contributed by atoms with Gasteiger partial charge in [0, 0.05) is 0 Å². The molecule has 2 aromatic heterocycles. The van der Waals surface area contributed by atoms with Crippen LogP contribution in [-0.2, 0) is 10.0 Å². The average Bonchev–Trinajstić information content (AvgIpc) is 2.70. The second-order valence-electron chi connectivity index (χ2n) is 7.09. The smallest absolute Gasteiger partial charge is 0.281 e. The lowest BCUT2D eigenvalue weighted by molar-refractivity contribution is 0.0978. The summed E-state index contributed by atoms with van der Waals surface area (Å²) in [5.41, 5.74) is 8.62. The van der Waals surface area contributed by atoms with Crippen molar-refractivity contribution in [3.05, 3.63) is 70.4 Å². The molecule has 0 fully saturated rings. The number of amides is 1. The second kappa shape index (κ2) is 9.08. The highest BCUT2D eigenvalue weighted by molar-refractivity contribution is 7.90. The first-order valence-corrected chi connectivity index (χ1v) is 11.1. The highest BCUT2D eigenvalue weighted by atomic mass is 32.2. The number of hydrogen-bond acceptors (Lipinski definition) is 7. The summed E-state index contributed by atoms with van der Waals surface area (Å²) in [5.74, 6) is 5.10. The van der Waals surface area contributed by atoms with Crippen molar-refractivity contribution in [1.82, 2.24) is 14.7 Å². The van der Waals surface area contributed by atoms with E-state index < -0.39 is 15.9 Å². The quantitative estimate of drug-likeness (QED) is 0.572. The van der Waals surface area contributed by atoms with Gasteiger partial charge in [0.15, 0.2) is 5.03 Å². The fourth-order valence-corrected chi connectivity index (χ4v) is 4.06. The predicted molar refractivity (Wildman–Crippen MR) is 121 cm³/mol. The van der Waals surface area contributed by atoms with Gasteiger partial charge in [-0.1, -0.05) is 29.7 Å². The molecule has 8 nitrogen and oxygen atoms in total. The van der Waals surface area contributed by atoms with Crippen LogP contribution in [0.1, 0.15) is 39.7 Å². The Balaban J connectivity index is 2.02. The zero-order valence-electron chi connectivity index (χ0n) is 18.1. The van der Waals surface area contributed by atoms with Crippen LogP contribution in [0, 0.1) is 32.6 Å². The van der Waals surface area contributed by atoms with Crippen LogP contribution in [-0.4, -0.2) is 24.3 Å². The van der Waals surface area contributed by atoms with Crippen molar-refractivity contribution in [3.8, 4) is 23.5 Å². The van der Waals surface area contributed by atoms with E-state index in [9.17, 15) is 13.2 Å². The Labute approximate surface area is 186 Å². The van der Waals surface area contributed by atoms with E-state index >= 15 is 0 Å². The van der Waals surface area contributed by atoms with Gasteiger partial charge in [-0.3, -0.25) is 4.79 Å². The molecule has 164 valence electrons. The van der Waals surface area contributed by atoms with E-state index in [2.05, 4.69) is 21.8 Å². The molecule has 32 heavy (non-hydrogen) atoms. The minimum atomic E-state index is -4.26. The molecule has 3 N–H and O–H groups in total. The van der Waals surface area contributed by atoms with Gasteiger partial charge < -0.3 is 10.5 Å². The Kier molecular flexibility index (Phi) is 6.46. The van der Waals surface area contributed by atoms with Gasteiger partial charge in [-0.05, 0) is 69.0 Å². The van der Waals surface area contributed by atoms with Crippen molar-refractivity contribution in [2.45, 2.75) is 32.7 Å². The SMILES string of the molecule is CC#Cc1ccc(C(=O)NS(=O)(=O)c2cccc(N)n2)c(Oc2c(C)cc(C)cc2C)n1. The zero-order valence-corrected chi connectivity index (χ0v) is 18.9. The average molecular weight is 451 g/mol. The Bertz CT molecular complexity index is 1350. The van der Waals surface area contributed by atoms with E-state index in [1.807, 2.05) is 37.6 Å². The van der Waals surface area contributed by atoms with E-state index in [4.69, 9.17) is 10.5 Å². The summed E-state index contributed by atoms with van der Waals surface area (Å²) in [4.78, 5) is 21.0. The Morgan fingerprint density at radius 2 is 1.75 bits per heavy atom. The molecule has 3 aromatic rings. The number of hydrogen-bond donors (Lipinski definition) is 2. The third-order valence-electron chi connectivity index (χ3n) is 4.41. The zero-order chi connectivity index (χ0) is 23.5. The first-order valence-electron chi connectivity index (χ1n) is 9.60. The maximum Gasteiger partial charge on any atom is 0.281 e. The van der Waals surface area contributed by atoms with Crippen molar-refractivity contribution < 1.29 is 17.9 Å². The molecule has 0 aliphatic carbocycles. The molecule has 2 heterocycles. The van der Waals surface area contributed by atoms with Crippen LogP contribution in [0.4, 0.5) is 5.82 Å². The van der Waals surface area contributed by atoms with Gasteiger partial charge >= 0.3 is 0 Å². The van der Waals surface area contributed by atoms with E-state index in [0.29, 0.717) is 11.4 Å². The lowest BCUT2D eigenvalue weighted by Gasteiger charge is -2.15. The minimum absolute atomic E-state index is 0.0128. The summed E-state index contributed by atoms with van der Waals surface area (Å²) in [6.45, 7) is 7.37. The molecule has 0 saturated heterocycles. The molecule has 3 rings (SSSR count). The van der Waals surface area contributed by atoms with E-state index in [0.717, 1.165) is 16.7 Å². The predicted octanol–water partition coefficient (Wildman–Crippen LogP) is 3.27. The number of pyridine rings is 2. The fourth-order valence-electron chi connectivity index (χ4n) is 3.12. The lowest BCUT2D eigenvalue weighted by atomic mass is 10.1. The number of rotatable bonds is 5. The van der Waals surface area contributed by atoms with E-state index in [1.165, 1.54) is 30.3 Å². The number of carbonyl (C=O) groups is 1. The number of nitrogens with zero attached hydrogens (tertiary/aromatic N) is 2. The first kappa shape index (κ1) is 22.8. The molecule has 1 aromatic carbocycles. The van der Waals surface area contributed by atoms with Crippen LogP contribution < -0.4 is 15.2 Å². The van der Waals surface area contributed by atoms with E-state index in [-0.39, 0.29) is 22.3 Å². The van der Waals surface area contributed by atoms with Gasteiger partial charge in [0.25, 0.3) is 15.9 Å². The summed E-state index contributed by atoms with van der Waals surface area (Å²) < 4.78 is 33.2. The molecule has 0 saturated carbocycles. The number of carbonyl (C=O) groups excluding carboxylic acids is 1. The number of nitrogens with one attached hydrogen (secondary N) is 1. The molecule has 0 atom stereocenters. The van der Waals surface area contributed by atoms with Gasteiger partial charge in [-0.15, -0.1) is 0 Å². The number of nitrogen functional groups attached to an aromatic ring is 1. The number of sulfonamides is 1. The molecule has 0 bridgehead atoms. The van der Waals surface area contributed by atoms with Crippen molar-refractivity contribution in [1.29, 1.82) is 0 Å². The van der Waals surface area contributed by atoms with Crippen LogP contribution in [0.2, 0.25) is 0 Å². The topological polar surface area (TPSA) is 124 Å². The number of ether oxygens (including phenoxy) is 1. The Morgan fingerprint density at radius 1 is 1.06 bits per heavy atom. The van der Waals surface area contributed by atoms with Crippen LogP contribution >= 0.6 is 0 Å². The van der Waals surface area contributed by atoms with Crippen LogP contribution in [0.3, 0.4) is 0 Å². The molecule has 1 amide bonds. The lowest BCUT2D eigenvalue weighted by Crippen LogP contribution is -2.31. The van der Waals surface area contributed by atoms with Gasteiger partial charge in [-0.2, -0.15) is 8.42 Å². The molecule has 0 aliphatic rings. The molecule has 0 unspecified atom stereocenters. The van der Waals surface area contributed by atoms with Crippen LogP contribution in [0.5, 0.6) is 11.6 Å². The van der Waals surface area contributed by atoms with Gasteiger partial charge in [0.05, 0.1) is 0 Å². The monoisotopic (exact) mass is 450 g/mol. The van der Waals surface area contributed by atoms with E-state index in [1.54, 1.807) is 6.92 Å². The van der Waals surface area contributed by atoms with Crippen molar-refractivity contribution >= 4 is 21.7 Å². The Morgan fingerprint density at radius 3 is 2.38 bits per heavy atom. The molecule has 0 aliphatic heterocycles. The molecular weight excluding hydrogens is 428 g/mol. The summed E-state index contributed by atoms with van der Waals surface area (Å²) in [7, 11) is -4.26. The molecular formula is C23H22N4O4S. The minimum Gasteiger partial charge on any atom is -0.438 e. The highest BCUT2D eigenvalue weighted by Gasteiger charge is 2.24. The Hall–Kier alpha value is -3.90. The van der Waals surface area contributed by atoms with Crippen molar-refractivity contribution in [3.63, 3.8) is 0 Å².